The van der Waals surface area contributed by atoms with E-state index in [1.54, 1.807) is 25.1 Å². The molecule has 0 saturated carbocycles. The fourth-order valence-electron chi connectivity index (χ4n) is 2.98. The minimum Gasteiger partial charge on any atom is -0.479 e. The van der Waals surface area contributed by atoms with Gasteiger partial charge in [-0.05, 0) is 38.3 Å². The smallest absolute Gasteiger partial charge is 0.268 e. The molecule has 1 aromatic rings. The van der Waals surface area contributed by atoms with Crippen molar-refractivity contribution < 1.29 is 19.1 Å². The van der Waals surface area contributed by atoms with E-state index >= 15 is 0 Å². The molecule has 1 aromatic carbocycles. The number of hydrogen-bond donors (Lipinski definition) is 2. The monoisotopic (exact) mass is 331 g/mol. The molecule has 3 rings (SSSR count). The minimum atomic E-state index is -0.645. The summed E-state index contributed by atoms with van der Waals surface area (Å²) in [5.41, 5.74) is 0.570. The first-order valence-electron chi connectivity index (χ1n) is 8.20. The van der Waals surface area contributed by atoms with Crippen LogP contribution in [0.15, 0.2) is 24.3 Å². The van der Waals surface area contributed by atoms with Crippen LogP contribution in [0.25, 0.3) is 0 Å². The number of benzene rings is 1. The maximum atomic E-state index is 12.4. The second kappa shape index (κ2) is 6.90. The molecule has 2 aliphatic rings. The van der Waals surface area contributed by atoms with Gasteiger partial charge in [-0.25, -0.2) is 0 Å². The summed E-state index contributed by atoms with van der Waals surface area (Å²) in [7, 11) is 0. The molecule has 0 aromatic heterocycles. The van der Waals surface area contributed by atoms with Gasteiger partial charge in [-0.1, -0.05) is 12.1 Å². The zero-order valence-corrected chi connectivity index (χ0v) is 13.6. The molecule has 3 amide bonds. The van der Waals surface area contributed by atoms with Crippen LogP contribution in [0.1, 0.15) is 26.2 Å². The van der Waals surface area contributed by atoms with E-state index in [2.05, 4.69) is 10.6 Å². The Hall–Kier alpha value is -2.57. The highest BCUT2D eigenvalue weighted by Crippen LogP contribution is 2.33. The fraction of sp³-hybridized carbons (Fsp3) is 0.471. The van der Waals surface area contributed by atoms with Crippen LogP contribution >= 0.6 is 0 Å². The lowest BCUT2D eigenvalue weighted by Crippen LogP contribution is -2.52. The number of hydrogen-bond acceptors (Lipinski definition) is 4. The Morgan fingerprint density at radius 3 is 2.96 bits per heavy atom. The zero-order chi connectivity index (χ0) is 17.1. The van der Waals surface area contributed by atoms with Crippen LogP contribution in [0.5, 0.6) is 5.75 Å². The number of carbonyl (C=O) groups excluding carboxylic acids is 3. The molecule has 2 N–H and O–H groups in total. The van der Waals surface area contributed by atoms with Gasteiger partial charge in [0.1, 0.15) is 18.3 Å². The molecule has 2 unspecified atom stereocenters. The molecule has 1 fully saturated rings. The third-order valence-electron chi connectivity index (χ3n) is 4.25. The first-order chi connectivity index (χ1) is 11.6. The third-order valence-corrected chi connectivity index (χ3v) is 4.25. The van der Waals surface area contributed by atoms with Crippen LogP contribution in [0.4, 0.5) is 5.69 Å². The van der Waals surface area contributed by atoms with Crippen LogP contribution < -0.4 is 20.3 Å². The quantitative estimate of drug-likeness (QED) is 0.848. The predicted octanol–water partition coefficient (Wildman–Crippen LogP) is 0.585. The summed E-state index contributed by atoms with van der Waals surface area (Å²) in [5.74, 6) is -0.212. The van der Waals surface area contributed by atoms with Gasteiger partial charge in [0.05, 0.1) is 5.69 Å². The highest BCUT2D eigenvalue weighted by molar-refractivity contribution is 6.04. The van der Waals surface area contributed by atoms with Crippen molar-refractivity contribution in [3.63, 3.8) is 0 Å². The van der Waals surface area contributed by atoms with Crippen LogP contribution in [0.2, 0.25) is 0 Å². The van der Waals surface area contributed by atoms with E-state index in [9.17, 15) is 14.4 Å². The molecule has 2 atom stereocenters. The van der Waals surface area contributed by atoms with Gasteiger partial charge in [-0.2, -0.15) is 0 Å². The van der Waals surface area contributed by atoms with E-state index in [0.717, 1.165) is 12.8 Å². The average Bonchev–Trinajstić information content (AvgIpc) is 2.76. The van der Waals surface area contributed by atoms with Gasteiger partial charge in [0, 0.05) is 6.54 Å². The Morgan fingerprint density at radius 1 is 1.33 bits per heavy atom. The van der Waals surface area contributed by atoms with E-state index in [-0.39, 0.29) is 24.3 Å². The standard InChI is InChI=1S/C17H21N3O4/c1-11-17(23)20(13-7-2-3-8-14(13)24-11)10-15(21)19-12-6-4-5-9-18-16(12)22/h2-3,7-8,11-12H,4-6,9-10H2,1H3,(H,18,22)(H,19,21). The van der Waals surface area contributed by atoms with Crippen molar-refractivity contribution in [3.05, 3.63) is 24.3 Å². The summed E-state index contributed by atoms with van der Waals surface area (Å²) in [4.78, 5) is 38.1. The number of nitrogens with zero attached hydrogens (tertiary/aromatic N) is 1. The Morgan fingerprint density at radius 2 is 2.12 bits per heavy atom. The Labute approximate surface area is 140 Å². The highest BCUT2D eigenvalue weighted by atomic mass is 16.5. The molecule has 1 saturated heterocycles. The molecule has 0 aliphatic carbocycles. The maximum Gasteiger partial charge on any atom is 0.268 e. The van der Waals surface area contributed by atoms with Crippen LogP contribution in [-0.2, 0) is 14.4 Å². The van der Waals surface area contributed by atoms with E-state index < -0.39 is 12.1 Å². The summed E-state index contributed by atoms with van der Waals surface area (Å²) in [5, 5.41) is 5.52. The molecule has 7 nitrogen and oxygen atoms in total. The molecule has 2 heterocycles. The van der Waals surface area contributed by atoms with Crippen molar-refractivity contribution in [2.24, 2.45) is 0 Å². The fourth-order valence-corrected chi connectivity index (χ4v) is 2.98. The zero-order valence-electron chi connectivity index (χ0n) is 13.6. The van der Waals surface area contributed by atoms with Crippen LogP contribution in [0.3, 0.4) is 0 Å². The number of ether oxygens (including phenoxy) is 1. The number of nitrogens with one attached hydrogen (secondary N) is 2. The van der Waals surface area contributed by atoms with Crippen LogP contribution in [-0.4, -0.2) is 43.0 Å². The van der Waals surface area contributed by atoms with Gasteiger partial charge in [0.2, 0.25) is 11.8 Å². The highest BCUT2D eigenvalue weighted by Gasteiger charge is 2.33. The summed E-state index contributed by atoms with van der Waals surface area (Å²) in [6.45, 7) is 2.16. The summed E-state index contributed by atoms with van der Waals surface area (Å²) in [6, 6.07) is 6.57. The van der Waals surface area contributed by atoms with Crippen molar-refractivity contribution in [2.45, 2.75) is 38.3 Å². The van der Waals surface area contributed by atoms with Gasteiger partial charge < -0.3 is 15.4 Å². The lowest BCUT2D eigenvalue weighted by atomic mass is 10.1. The van der Waals surface area contributed by atoms with Crippen molar-refractivity contribution in [1.82, 2.24) is 10.6 Å². The van der Waals surface area contributed by atoms with Gasteiger partial charge in [-0.15, -0.1) is 0 Å². The number of amides is 3. The number of rotatable bonds is 3. The first-order valence-corrected chi connectivity index (χ1v) is 8.20. The van der Waals surface area contributed by atoms with Crippen molar-refractivity contribution >= 4 is 23.4 Å². The minimum absolute atomic E-state index is 0.132. The molecule has 2 aliphatic heterocycles. The second-order valence-corrected chi connectivity index (χ2v) is 6.06. The Kier molecular flexibility index (Phi) is 4.69. The van der Waals surface area contributed by atoms with Crippen molar-refractivity contribution in [1.29, 1.82) is 0 Å². The van der Waals surface area contributed by atoms with Gasteiger partial charge in [0.15, 0.2) is 6.10 Å². The summed E-state index contributed by atoms with van der Waals surface area (Å²) in [6.07, 6.45) is 1.75. The topological polar surface area (TPSA) is 87.7 Å². The van der Waals surface area contributed by atoms with E-state index in [4.69, 9.17) is 4.74 Å². The first kappa shape index (κ1) is 16.3. The van der Waals surface area contributed by atoms with Crippen molar-refractivity contribution in [3.8, 4) is 5.75 Å². The molecular weight excluding hydrogens is 310 g/mol. The molecule has 24 heavy (non-hydrogen) atoms. The lowest BCUT2D eigenvalue weighted by molar-refractivity contribution is -0.130. The number of fused-ring (bicyclic) bond motifs is 1. The summed E-state index contributed by atoms with van der Waals surface area (Å²) >= 11 is 0. The molecule has 0 radical (unpaired) electrons. The molecular formula is C17H21N3O4. The molecule has 128 valence electrons. The number of anilines is 1. The SMILES string of the molecule is CC1Oc2ccccc2N(CC(=O)NC2CCCCNC2=O)C1=O. The number of para-hydroxylation sites is 2. The largest absolute Gasteiger partial charge is 0.479 e. The second-order valence-electron chi connectivity index (χ2n) is 6.06. The molecule has 7 heteroatoms. The Bertz CT molecular complexity index is 661. The van der Waals surface area contributed by atoms with E-state index in [1.165, 1.54) is 4.90 Å². The predicted molar refractivity (Wildman–Crippen MR) is 87.7 cm³/mol. The van der Waals surface area contributed by atoms with Crippen LogP contribution in [0, 0.1) is 0 Å². The summed E-state index contributed by atoms with van der Waals surface area (Å²) < 4.78 is 5.55. The molecule has 0 bridgehead atoms. The maximum absolute atomic E-state index is 12.4. The van der Waals surface area contributed by atoms with E-state index in [0.29, 0.717) is 24.4 Å². The third kappa shape index (κ3) is 3.34. The Balaban J connectivity index is 1.71. The van der Waals surface area contributed by atoms with Crippen molar-refractivity contribution in [2.75, 3.05) is 18.0 Å². The van der Waals surface area contributed by atoms with E-state index in [1.807, 2.05) is 6.07 Å². The van der Waals surface area contributed by atoms with Gasteiger partial charge in [-0.3, -0.25) is 19.3 Å². The van der Waals surface area contributed by atoms with Gasteiger partial charge in [0.25, 0.3) is 5.91 Å². The number of carbonyl (C=O) groups is 3. The normalized spacial score (nSPS) is 23.6. The molecule has 0 spiro atoms. The lowest BCUT2D eigenvalue weighted by Gasteiger charge is -2.32. The van der Waals surface area contributed by atoms with Gasteiger partial charge >= 0.3 is 0 Å². The average molecular weight is 331 g/mol.